The topological polar surface area (TPSA) is 132 Å². The molecule has 3 N–H and O–H groups in total. The second kappa shape index (κ2) is 13.5. The number of carbonyl (C=O) groups is 2. The van der Waals surface area contributed by atoms with Crippen molar-refractivity contribution in [3.05, 3.63) is 30.0 Å². The van der Waals surface area contributed by atoms with Crippen LogP contribution in [0.15, 0.2) is 24.4 Å². The summed E-state index contributed by atoms with van der Waals surface area (Å²) >= 11 is 0. The van der Waals surface area contributed by atoms with Crippen molar-refractivity contribution in [2.75, 3.05) is 74.8 Å². The number of nitrogens with zero attached hydrogens (tertiary/aromatic N) is 5. The molecule has 1 aliphatic carbocycles. The van der Waals surface area contributed by atoms with Gasteiger partial charge in [0.25, 0.3) is 5.91 Å². The molecule has 0 bridgehead atoms. The van der Waals surface area contributed by atoms with Crippen LogP contribution in [0.5, 0.6) is 5.75 Å². The Hall–Kier alpha value is -3.48. The van der Waals surface area contributed by atoms with Gasteiger partial charge in [0, 0.05) is 44.8 Å². The second-order valence-corrected chi connectivity index (χ2v) is 10.7. The number of fused-ring (bicyclic) bond motifs is 1. The highest BCUT2D eigenvalue weighted by Gasteiger charge is 2.41. The molecule has 0 radical (unpaired) electrons. The Kier molecular flexibility index (Phi) is 9.53. The van der Waals surface area contributed by atoms with Crippen molar-refractivity contribution in [1.82, 2.24) is 20.2 Å². The number of morpholine rings is 1. The Balaban J connectivity index is 1.35. The fraction of sp³-hybridized carbons (Fsp3) is 0.586. The minimum atomic E-state index is -0.261. The zero-order chi connectivity index (χ0) is 28.8. The first kappa shape index (κ1) is 29.0. The number of hydrogen-bond donors (Lipinski definition) is 3. The second-order valence-electron chi connectivity index (χ2n) is 10.7. The van der Waals surface area contributed by atoms with Gasteiger partial charge in [-0.15, -0.1) is 0 Å². The number of benzene rings is 1. The maximum Gasteiger partial charge on any atom is 0.251 e. The number of anilines is 4. The molecule has 1 aromatic carbocycles. The highest BCUT2D eigenvalue weighted by Crippen LogP contribution is 2.40. The average Bonchev–Trinajstić information content (AvgIpc) is 3.53. The first-order valence-electron chi connectivity index (χ1n) is 14.7. The Morgan fingerprint density at radius 3 is 2.73 bits per heavy atom. The molecular weight excluding hydrogens is 526 g/mol. The summed E-state index contributed by atoms with van der Waals surface area (Å²) < 4.78 is 11.2. The van der Waals surface area contributed by atoms with E-state index in [-0.39, 0.29) is 37.1 Å². The van der Waals surface area contributed by atoms with E-state index in [9.17, 15) is 14.7 Å². The number of hydrogen-bond acceptors (Lipinski definition) is 10. The molecule has 0 spiro atoms. The molecule has 3 heterocycles. The van der Waals surface area contributed by atoms with Gasteiger partial charge < -0.3 is 35.0 Å². The molecule has 2 aromatic rings. The van der Waals surface area contributed by atoms with E-state index in [2.05, 4.69) is 25.4 Å². The van der Waals surface area contributed by atoms with Gasteiger partial charge >= 0.3 is 0 Å². The number of rotatable bonds is 11. The van der Waals surface area contributed by atoms with Crippen molar-refractivity contribution >= 4 is 35.0 Å². The summed E-state index contributed by atoms with van der Waals surface area (Å²) in [5, 5.41) is 15.6. The number of nitrogens with one attached hydrogen (secondary N) is 2. The van der Waals surface area contributed by atoms with Crippen LogP contribution in [0.1, 0.15) is 49.4 Å². The number of amides is 2. The van der Waals surface area contributed by atoms with Crippen molar-refractivity contribution in [2.24, 2.45) is 0 Å². The van der Waals surface area contributed by atoms with Gasteiger partial charge in [-0.2, -0.15) is 4.98 Å². The quantitative estimate of drug-likeness (QED) is 0.371. The lowest BCUT2D eigenvalue weighted by atomic mass is 10.0. The summed E-state index contributed by atoms with van der Waals surface area (Å²) in [7, 11) is 1.78. The van der Waals surface area contributed by atoms with Crippen molar-refractivity contribution in [1.29, 1.82) is 0 Å². The van der Waals surface area contributed by atoms with Gasteiger partial charge in [-0.25, -0.2) is 4.98 Å². The molecule has 3 aliphatic rings. The summed E-state index contributed by atoms with van der Waals surface area (Å²) in [6.07, 6.45) is 6.74. The number of ether oxygens (including phenoxy) is 2. The van der Waals surface area contributed by atoms with Crippen LogP contribution in [0, 0.1) is 0 Å². The number of carbonyl (C=O) groups excluding carboxylic acids is 2. The number of aromatic nitrogens is 2. The van der Waals surface area contributed by atoms with Crippen LogP contribution in [0.4, 0.5) is 23.1 Å². The molecule has 2 fully saturated rings. The highest BCUT2D eigenvalue weighted by molar-refractivity contribution is 6.04. The summed E-state index contributed by atoms with van der Waals surface area (Å²) in [4.78, 5) is 41.6. The maximum absolute atomic E-state index is 13.2. The van der Waals surface area contributed by atoms with Gasteiger partial charge in [0.2, 0.25) is 11.9 Å². The van der Waals surface area contributed by atoms with Crippen LogP contribution in [0.3, 0.4) is 0 Å². The van der Waals surface area contributed by atoms with Crippen LogP contribution in [0.2, 0.25) is 0 Å². The fourth-order valence-corrected chi connectivity index (χ4v) is 5.86. The molecule has 2 aliphatic heterocycles. The molecule has 12 nitrogen and oxygen atoms in total. The average molecular weight is 568 g/mol. The van der Waals surface area contributed by atoms with Gasteiger partial charge in [-0.1, -0.05) is 19.8 Å². The smallest absolute Gasteiger partial charge is 0.251 e. The largest absolute Gasteiger partial charge is 0.489 e. The van der Waals surface area contributed by atoms with Crippen LogP contribution >= 0.6 is 0 Å². The van der Waals surface area contributed by atoms with E-state index in [1.165, 1.54) is 0 Å². The lowest BCUT2D eigenvalue weighted by Crippen LogP contribution is -2.55. The van der Waals surface area contributed by atoms with Crippen LogP contribution in [0.25, 0.3) is 0 Å². The molecule has 1 saturated heterocycles. The molecule has 41 heavy (non-hydrogen) atoms. The normalized spacial score (nSPS) is 19.8. The SMILES string of the molecule is CC[C@@H]1C(=O)N(C)c2cnc(Nc3ccc(C(=O)NCCN4CCOCC4)cc3OCCO)nc2N1C1CCCC1. The number of likely N-dealkylation sites (N-methyl/N-ethyl adjacent to an activating group) is 1. The van der Waals surface area contributed by atoms with E-state index < -0.39 is 0 Å². The summed E-state index contributed by atoms with van der Waals surface area (Å²) in [5.74, 6) is 1.38. The molecule has 12 heteroatoms. The third-order valence-corrected chi connectivity index (χ3v) is 8.07. The van der Waals surface area contributed by atoms with Crippen molar-refractivity contribution < 1.29 is 24.2 Å². The van der Waals surface area contributed by atoms with Crippen LogP contribution in [-0.4, -0.2) is 104 Å². The summed E-state index contributed by atoms with van der Waals surface area (Å²) in [6.45, 7) is 6.40. The van der Waals surface area contributed by atoms with E-state index in [0.29, 0.717) is 54.8 Å². The monoisotopic (exact) mass is 567 g/mol. The van der Waals surface area contributed by atoms with Crippen molar-refractivity contribution in [3.8, 4) is 5.75 Å². The first-order valence-corrected chi connectivity index (χ1v) is 14.7. The zero-order valence-corrected chi connectivity index (χ0v) is 24.0. The van der Waals surface area contributed by atoms with E-state index in [1.807, 2.05) is 6.92 Å². The molecule has 1 aromatic heterocycles. The summed E-state index contributed by atoms with van der Waals surface area (Å²) in [5.41, 5.74) is 1.72. The van der Waals surface area contributed by atoms with Crippen molar-refractivity contribution in [3.63, 3.8) is 0 Å². The van der Waals surface area contributed by atoms with Gasteiger partial charge in [-0.3, -0.25) is 14.5 Å². The van der Waals surface area contributed by atoms with Gasteiger partial charge in [0.15, 0.2) is 5.82 Å². The Morgan fingerprint density at radius 2 is 2.00 bits per heavy atom. The van der Waals surface area contributed by atoms with Crippen molar-refractivity contribution in [2.45, 2.75) is 51.1 Å². The molecule has 222 valence electrons. The van der Waals surface area contributed by atoms with E-state index >= 15 is 0 Å². The molecular formula is C29H41N7O5. The minimum Gasteiger partial charge on any atom is -0.489 e. The third kappa shape index (κ3) is 6.55. The zero-order valence-electron chi connectivity index (χ0n) is 24.0. The molecule has 0 unspecified atom stereocenters. The Bertz CT molecular complexity index is 1220. The lowest BCUT2D eigenvalue weighted by molar-refractivity contribution is -0.120. The fourth-order valence-electron chi connectivity index (χ4n) is 5.86. The predicted molar refractivity (Wildman–Crippen MR) is 156 cm³/mol. The Morgan fingerprint density at radius 1 is 1.22 bits per heavy atom. The van der Waals surface area contributed by atoms with Gasteiger partial charge in [0.1, 0.15) is 24.1 Å². The maximum atomic E-state index is 13.2. The molecule has 2 amide bonds. The highest BCUT2D eigenvalue weighted by atomic mass is 16.5. The number of aliphatic hydroxyl groups is 1. The Labute approximate surface area is 241 Å². The standard InChI is InChI=1S/C29H41N7O5/c1-3-23-28(39)34(2)24-19-31-29(33-26(24)36(23)21-6-4-5-7-21)32-22-9-8-20(18-25(22)41-17-14-37)27(38)30-10-11-35-12-15-40-16-13-35/h8-9,18-19,21,23,37H,3-7,10-17H2,1-2H3,(H,30,38)(H,31,32,33)/t23-/m1/s1. The first-order chi connectivity index (χ1) is 20.0. The van der Waals surface area contributed by atoms with E-state index in [4.69, 9.17) is 14.5 Å². The minimum absolute atomic E-state index is 0.0645. The van der Waals surface area contributed by atoms with E-state index in [0.717, 1.165) is 51.1 Å². The summed E-state index contributed by atoms with van der Waals surface area (Å²) in [6, 6.07) is 5.14. The molecule has 5 rings (SSSR count). The van der Waals surface area contributed by atoms with Gasteiger partial charge in [0.05, 0.1) is 31.7 Å². The van der Waals surface area contributed by atoms with E-state index in [1.54, 1.807) is 36.3 Å². The van der Waals surface area contributed by atoms with Crippen LogP contribution < -0.4 is 25.2 Å². The van der Waals surface area contributed by atoms with Gasteiger partial charge in [-0.05, 0) is 37.5 Å². The van der Waals surface area contributed by atoms with Crippen LogP contribution in [-0.2, 0) is 9.53 Å². The third-order valence-electron chi connectivity index (χ3n) is 8.07. The predicted octanol–water partition coefficient (Wildman–Crippen LogP) is 2.16. The molecule has 1 saturated carbocycles. The number of aliphatic hydroxyl groups excluding tert-OH is 1. The lowest BCUT2D eigenvalue weighted by Gasteiger charge is -2.43. The molecule has 1 atom stereocenters.